The van der Waals surface area contributed by atoms with Crippen molar-refractivity contribution in [3.8, 4) is 0 Å². The molecule has 0 amide bonds. The monoisotopic (exact) mass is 738 g/mol. The number of carbonyl (C=O) groups is 1. The maximum absolute atomic E-state index is 13.5. The predicted molar refractivity (Wildman–Crippen MR) is 182 cm³/mol. The number of hydrogen-bond acceptors (Lipinski definition) is 13. The second kappa shape index (κ2) is 13.4. The van der Waals surface area contributed by atoms with Gasteiger partial charge in [-0.15, -0.1) is 0 Å². The van der Waals surface area contributed by atoms with Gasteiger partial charge in [0.05, 0.1) is 37.1 Å². The zero-order valence-electron chi connectivity index (χ0n) is 31.5. The number of ketones is 1. The molecule has 0 aromatic rings. The van der Waals surface area contributed by atoms with Gasteiger partial charge in [0, 0.05) is 12.3 Å². The fourth-order valence-electron chi connectivity index (χ4n) is 13.1. The molecule has 4 aliphatic carbocycles. The second-order valence-electron chi connectivity index (χ2n) is 18.8. The minimum Gasteiger partial charge on any atom is -0.393 e. The fraction of sp³-hybridized carbons (Fsp3) is 0.974. The van der Waals surface area contributed by atoms with Crippen molar-refractivity contribution in [1.82, 2.24) is 0 Å². The molecule has 0 bridgehead atoms. The Hall–Kier alpha value is -0.810. The minimum absolute atomic E-state index is 0.00904. The van der Waals surface area contributed by atoms with Crippen molar-refractivity contribution in [2.45, 2.75) is 178 Å². The van der Waals surface area contributed by atoms with E-state index in [-0.39, 0.29) is 58.4 Å². The summed E-state index contributed by atoms with van der Waals surface area (Å²) < 4.78 is 37.7. The topological polar surface area (TPSA) is 194 Å². The Morgan fingerprint density at radius 3 is 2.10 bits per heavy atom. The van der Waals surface area contributed by atoms with E-state index in [1.165, 1.54) is 6.92 Å². The first kappa shape index (κ1) is 38.1. The standard InChI is InChI=1S/C39H62O13/c1-16-11-27(41)39(47-15-16)17(2)28-26(52-39)14-23-21-13-25(24-12-20(40)7-9-37(24,5)22(21)8-10-38(23,28)6)50-36-33(46)34(30(43)19(4)49-36)51-35-32(45)31(44)29(42)18(3)48-35/h16-26,28-36,40,42-46H,7-15H2,1-6H3/t16-,17-,18-,19+,20-,21+,22-,23-,24-,25-,26-,28-,29-,30+,31+,32+,33+,34-,35-,36-,37+,38-,39-/m0/s1. The summed E-state index contributed by atoms with van der Waals surface area (Å²) in [7, 11) is 0. The normalized spacial score (nSPS) is 60.5. The summed E-state index contributed by atoms with van der Waals surface area (Å²) >= 11 is 0. The molecule has 0 unspecified atom stereocenters. The van der Waals surface area contributed by atoms with Gasteiger partial charge >= 0.3 is 0 Å². The van der Waals surface area contributed by atoms with Crippen LogP contribution in [0.1, 0.15) is 92.9 Å². The van der Waals surface area contributed by atoms with Gasteiger partial charge in [-0.3, -0.25) is 4.79 Å². The molecular weight excluding hydrogens is 676 g/mol. The smallest absolute Gasteiger partial charge is 0.232 e. The Kier molecular flexibility index (Phi) is 9.82. The summed E-state index contributed by atoms with van der Waals surface area (Å²) in [5, 5.41) is 65.0. The molecule has 23 atom stereocenters. The largest absolute Gasteiger partial charge is 0.393 e. The number of hydrogen-bond donors (Lipinski definition) is 6. The Morgan fingerprint density at radius 2 is 1.38 bits per heavy atom. The summed E-state index contributed by atoms with van der Waals surface area (Å²) in [5.74, 6) is 0.299. The van der Waals surface area contributed by atoms with Crippen molar-refractivity contribution in [3.63, 3.8) is 0 Å². The van der Waals surface area contributed by atoms with Gasteiger partial charge in [0.2, 0.25) is 5.79 Å². The molecule has 4 heterocycles. The number of carbonyl (C=O) groups excluding carboxylic acids is 1. The number of aliphatic hydroxyl groups is 6. The van der Waals surface area contributed by atoms with E-state index in [1.54, 1.807) is 6.92 Å². The lowest BCUT2D eigenvalue weighted by Crippen LogP contribution is -2.64. The Balaban J connectivity index is 1.04. The number of aliphatic hydroxyl groups excluding tert-OH is 6. The average Bonchev–Trinajstić information content (AvgIpc) is 3.55. The van der Waals surface area contributed by atoms with E-state index in [9.17, 15) is 35.4 Å². The quantitative estimate of drug-likeness (QED) is 0.228. The molecule has 8 fully saturated rings. The summed E-state index contributed by atoms with van der Waals surface area (Å²) in [4.78, 5) is 13.5. The third kappa shape index (κ3) is 5.65. The van der Waals surface area contributed by atoms with Crippen LogP contribution in [0.2, 0.25) is 0 Å². The van der Waals surface area contributed by atoms with Crippen molar-refractivity contribution in [3.05, 3.63) is 0 Å². The van der Waals surface area contributed by atoms with Crippen molar-refractivity contribution in [2.24, 2.45) is 52.3 Å². The van der Waals surface area contributed by atoms with Crippen LogP contribution in [-0.4, -0.2) is 129 Å². The number of fused-ring (bicyclic) bond motifs is 7. The van der Waals surface area contributed by atoms with E-state index in [0.29, 0.717) is 37.7 Å². The Bertz CT molecular complexity index is 1350. The third-order valence-corrected chi connectivity index (χ3v) is 15.9. The molecule has 13 heteroatoms. The van der Waals surface area contributed by atoms with Crippen molar-refractivity contribution >= 4 is 5.78 Å². The zero-order chi connectivity index (χ0) is 37.2. The van der Waals surface area contributed by atoms with Gasteiger partial charge in [0.1, 0.15) is 36.6 Å². The molecule has 0 radical (unpaired) electrons. The van der Waals surface area contributed by atoms with Gasteiger partial charge in [0.15, 0.2) is 18.4 Å². The summed E-state index contributed by atoms with van der Waals surface area (Å²) in [6.07, 6.45) is -7.36. The maximum atomic E-state index is 13.5. The highest BCUT2D eigenvalue weighted by Gasteiger charge is 2.71. The lowest BCUT2D eigenvalue weighted by molar-refractivity contribution is -0.363. The van der Waals surface area contributed by atoms with Gasteiger partial charge in [-0.2, -0.15) is 0 Å². The summed E-state index contributed by atoms with van der Waals surface area (Å²) in [6.45, 7) is 12.7. The van der Waals surface area contributed by atoms with Crippen LogP contribution < -0.4 is 0 Å². The van der Waals surface area contributed by atoms with E-state index in [4.69, 9.17) is 28.4 Å². The highest BCUT2D eigenvalue weighted by atomic mass is 16.7. The summed E-state index contributed by atoms with van der Waals surface area (Å²) in [6, 6.07) is 0. The fourth-order valence-corrected chi connectivity index (χ4v) is 13.1. The zero-order valence-corrected chi connectivity index (χ0v) is 31.5. The van der Waals surface area contributed by atoms with E-state index in [1.807, 2.05) is 6.92 Å². The number of Topliss-reactive ketones (excluding diaryl/α,β-unsaturated/α-hetero) is 1. The van der Waals surface area contributed by atoms with Crippen LogP contribution >= 0.6 is 0 Å². The molecule has 4 aliphatic heterocycles. The maximum Gasteiger partial charge on any atom is 0.232 e. The van der Waals surface area contributed by atoms with Crippen LogP contribution in [0, 0.1) is 52.3 Å². The molecule has 52 heavy (non-hydrogen) atoms. The van der Waals surface area contributed by atoms with E-state index < -0.39 is 73.3 Å². The van der Waals surface area contributed by atoms with Crippen molar-refractivity contribution in [2.75, 3.05) is 6.61 Å². The van der Waals surface area contributed by atoms with Gasteiger partial charge in [0.25, 0.3) is 0 Å². The van der Waals surface area contributed by atoms with E-state index in [2.05, 4.69) is 20.8 Å². The highest BCUT2D eigenvalue weighted by Crippen LogP contribution is 2.71. The van der Waals surface area contributed by atoms with Gasteiger partial charge in [-0.05, 0) is 105 Å². The molecule has 4 saturated carbocycles. The van der Waals surface area contributed by atoms with Crippen LogP contribution in [0.4, 0.5) is 0 Å². The van der Waals surface area contributed by atoms with Gasteiger partial charge in [-0.25, -0.2) is 0 Å². The molecule has 6 N–H and O–H groups in total. The highest BCUT2D eigenvalue weighted by molar-refractivity contribution is 5.87. The third-order valence-electron chi connectivity index (χ3n) is 15.9. The molecule has 13 nitrogen and oxygen atoms in total. The molecule has 8 rings (SSSR count). The van der Waals surface area contributed by atoms with Crippen molar-refractivity contribution < 1.29 is 63.9 Å². The molecule has 0 aromatic heterocycles. The lowest BCUT2D eigenvalue weighted by atomic mass is 9.43. The number of ether oxygens (including phenoxy) is 6. The van der Waals surface area contributed by atoms with Gasteiger partial charge < -0.3 is 59.1 Å². The van der Waals surface area contributed by atoms with Crippen molar-refractivity contribution in [1.29, 1.82) is 0 Å². The summed E-state index contributed by atoms with van der Waals surface area (Å²) in [5.41, 5.74) is -0.177. The first-order chi connectivity index (χ1) is 24.5. The van der Waals surface area contributed by atoms with Crippen LogP contribution in [-0.2, 0) is 33.2 Å². The first-order valence-electron chi connectivity index (χ1n) is 20.1. The first-order valence-corrected chi connectivity index (χ1v) is 20.1. The molecule has 296 valence electrons. The Morgan fingerprint density at radius 1 is 0.712 bits per heavy atom. The molecular formula is C39H62O13. The van der Waals surface area contributed by atoms with Crippen LogP contribution in [0.3, 0.4) is 0 Å². The van der Waals surface area contributed by atoms with Gasteiger partial charge in [-0.1, -0.05) is 27.7 Å². The van der Waals surface area contributed by atoms with Crippen LogP contribution in [0.25, 0.3) is 0 Å². The predicted octanol–water partition coefficient (Wildman–Crippen LogP) is 1.65. The van der Waals surface area contributed by atoms with Crippen LogP contribution in [0.5, 0.6) is 0 Å². The Labute approximate surface area is 306 Å². The number of rotatable bonds is 4. The average molecular weight is 739 g/mol. The second-order valence-corrected chi connectivity index (χ2v) is 18.8. The lowest BCUT2D eigenvalue weighted by Gasteiger charge is -2.63. The molecule has 0 aromatic carbocycles. The molecule has 4 saturated heterocycles. The molecule has 1 spiro atoms. The van der Waals surface area contributed by atoms with E-state index >= 15 is 0 Å². The molecule has 8 aliphatic rings. The van der Waals surface area contributed by atoms with E-state index in [0.717, 1.165) is 32.1 Å². The minimum atomic E-state index is -1.61. The van der Waals surface area contributed by atoms with Crippen LogP contribution in [0.15, 0.2) is 0 Å². The SMILES string of the molecule is C[C@@H]1CO[C@@]2(O[C@H]3C[C@H]4[C@@H]5C[C@H](O[C@@H]6O[C@H](C)[C@@H](O)[C@H](O[C@@H]7O[C@@H](C)[C@H](O)[C@@H](O)[C@H]7O)[C@H]6O)[C@@H]6C[C@@H](O)CC[C@]6(C)[C@H]5CC[C@]4(C)[C@H]3[C@@H]2C)C(=O)C1.